The van der Waals surface area contributed by atoms with Crippen molar-refractivity contribution in [2.24, 2.45) is 0 Å². The number of fused-ring (bicyclic) bond motifs is 1. The largest absolute Gasteiger partial charge is 0.508 e. The molecule has 0 aliphatic heterocycles. The van der Waals surface area contributed by atoms with Crippen molar-refractivity contribution in [2.75, 3.05) is 0 Å². The number of phenols is 1. The molecule has 4 nitrogen and oxygen atoms in total. The van der Waals surface area contributed by atoms with Gasteiger partial charge in [0.1, 0.15) is 11.4 Å². The average Bonchev–Trinajstić information content (AvgIpc) is 2.72. The summed E-state index contributed by atoms with van der Waals surface area (Å²) in [5.41, 5.74) is 2.01. The fourth-order valence-corrected chi connectivity index (χ4v) is 1.64. The Bertz CT molecular complexity index is 646. The van der Waals surface area contributed by atoms with Crippen LogP contribution in [0.2, 0.25) is 0 Å². The van der Waals surface area contributed by atoms with E-state index in [4.69, 9.17) is 4.52 Å². The predicted octanol–water partition coefficient (Wildman–Crippen LogP) is 2.60. The predicted molar refractivity (Wildman–Crippen MR) is 58.9 cm³/mol. The smallest absolute Gasteiger partial charge is 0.258 e. The summed E-state index contributed by atoms with van der Waals surface area (Å²) in [7, 11) is 0. The molecule has 0 radical (unpaired) electrons. The zero-order chi connectivity index (χ0) is 11.0. The van der Waals surface area contributed by atoms with E-state index < -0.39 is 0 Å². The Kier molecular flexibility index (Phi) is 1.86. The quantitative estimate of drug-likeness (QED) is 0.673. The van der Waals surface area contributed by atoms with Crippen LogP contribution in [0.3, 0.4) is 0 Å². The van der Waals surface area contributed by atoms with E-state index in [1.165, 1.54) is 0 Å². The van der Waals surface area contributed by atoms with Crippen molar-refractivity contribution < 1.29 is 9.63 Å². The maximum absolute atomic E-state index is 9.41. The Labute approximate surface area is 91.1 Å². The molecular weight excluding hydrogens is 204 g/mol. The minimum atomic E-state index is 0.206. The van der Waals surface area contributed by atoms with Gasteiger partial charge >= 0.3 is 0 Å². The second-order valence-electron chi connectivity index (χ2n) is 3.44. The van der Waals surface area contributed by atoms with Gasteiger partial charge in [-0.15, -0.1) is 0 Å². The number of aromatic hydroxyl groups is 1. The van der Waals surface area contributed by atoms with Crippen molar-refractivity contribution in [1.82, 2.24) is 10.1 Å². The lowest BCUT2D eigenvalue weighted by Crippen LogP contribution is -1.78. The molecule has 2 aromatic heterocycles. The minimum absolute atomic E-state index is 0.206. The van der Waals surface area contributed by atoms with E-state index in [1.54, 1.807) is 24.4 Å². The Morgan fingerprint density at radius 1 is 1.12 bits per heavy atom. The van der Waals surface area contributed by atoms with Crippen LogP contribution < -0.4 is 0 Å². The molecule has 0 unspecified atom stereocenters. The van der Waals surface area contributed by atoms with Gasteiger partial charge in [-0.1, -0.05) is 17.3 Å². The summed E-state index contributed by atoms with van der Waals surface area (Å²) in [6, 6.07) is 10.6. The van der Waals surface area contributed by atoms with Crippen LogP contribution in [0.5, 0.6) is 5.75 Å². The highest BCUT2D eigenvalue weighted by Crippen LogP contribution is 2.28. The van der Waals surface area contributed by atoms with E-state index in [2.05, 4.69) is 10.1 Å². The van der Waals surface area contributed by atoms with Crippen molar-refractivity contribution in [1.29, 1.82) is 0 Å². The molecule has 0 saturated carbocycles. The third kappa shape index (κ3) is 1.32. The lowest BCUT2D eigenvalue weighted by atomic mass is 10.1. The Morgan fingerprint density at radius 3 is 2.94 bits per heavy atom. The number of rotatable bonds is 1. The summed E-state index contributed by atoms with van der Waals surface area (Å²) in [5.74, 6) is 0.206. The van der Waals surface area contributed by atoms with E-state index in [0.29, 0.717) is 11.4 Å². The molecule has 0 aliphatic carbocycles. The Morgan fingerprint density at radius 2 is 2.06 bits per heavy atom. The Hall–Kier alpha value is -2.36. The summed E-state index contributed by atoms with van der Waals surface area (Å²) in [4.78, 5) is 4.06. The van der Waals surface area contributed by atoms with Gasteiger partial charge in [0.25, 0.3) is 5.71 Å². The monoisotopic (exact) mass is 212 g/mol. The molecule has 0 amide bonds. The highest BCUT2D eigenvalue weighted by Gasteiger charge is 2.10. The second kappa shape index (κ2) is 3.34. The van der Waals surface area contributed by atoms with Gasteiger partial charge in [-0.25, -0.2) is 4.98 Å². The molecule has 0 spiro atoms. The first-order valence-electron chi connectivity index (χ1n) is 4.84. The van der Waals surface area contributed by atoms with E-state index in [0.717, 1.165) is 10.9 Å². The first-order chi connectivity index (χ1) is 7.84. The van der Waals surface area contributed by atoms with Gasteiger partial charge in [-0.05, 0) is 24.3 Å². The molecule has 0 bridgehead atoms. The standard InChI is InChI=1S/C12H8N2O2/c15-9-4-1-3-8(7-9)11-10-5-2-6-13-12(10)16-14-11/h1-7,15H. The van der Waals surface area contributed by atoms with E-state index in [-0.39, 0.29) is 5.75 Å². The zero-order valence-corrected chi connectivity index (χ0v) is 8.29. The number of benzene rings is 1. The number of hydrogen-bond acceptors (Lipinski definition) is 4. The summed E-state index contributed by atoms with van der Waals surface area (Å²) >= 11 is 0. The lowest BCUT2D eigenvalue weighted by molar-refractivity contribution is 0.451. The maximum atomic E-state index is 9.41. The van der Waals surface area contributed by atoms with Crippen molar-refractivity contribution in [3.8, 4) is 17.0 Å². The summed E-state index contributed by atoms with van der Waals surface area (Å²) in [6.45, 7) is 0. The summed E-state index contributed by atoms with van der Waals surface area (Å²) in [6.07, 6.45) is 1.65. The topological polar surface area (TPSA) is 59.2 Å². The van der Waals surface area contributed by atoms with Crippen molar-refractivity contribution in [3.05, 3.63) is 42.6 Å². The van der Waals surface area contributed by atoms with Crippen molar-refractivity contribution in [2.45, 2.75) is 0 Å². The maximum Gasteiger partial charge on any atom is 0.258 e. The van der Waals surface area contributed by atoms with Crippen LogP contribution in [0.15, 0.2) is 47.1 Å². The molecule has 78 valence electrons. The number of nitrogens with zero attached hydrogens (tertiary/aromatic N) is 2. The van der Waals surface area contributed by atoms with Gasteiger partial charge in [-0.2, -0.15) is 0 Å². The van der Waals surface area contributed by atoms with Crippen molar-refractivity contribution >= 4 is 11.1 Å². The molecule has 0 atom stereocenters. The average molecular weight is 212 g/mol. The molecule has 1 N–H and O–H groups in total. The molecule has 0 aliphatic rings. The first kappa shape index (κ1) is 8.91. The summed E-state index contributed by atoms with van der Waals surface area (Å²) < 4.78 is 5.10. The van der Waals surface area contributed by atoms with E-state index in [9.17, 15) is 5.11 Å². The fraction of sp³-hybridized carbons (Fsp3) is 0. The van der Waals surface area contributed by atoms with Crippen molar-refractivity contribution in [3.63, 3.8) is 0 Å². The number of hydrogen-bond donors (Lipinski definition) is 1. The third-order valence-electron chi connectivity index (χ3n) is 2.37. The van der Waals surface area contributed by atoms with Gasteiger partial charge in [0, 0.05) is 11.8 Å². The first-order valence-corrected chi connectivity index (χ1v) is 4.84. The van der Waals surface area contributed by atoms with Crippen LogP contribution in [0.4, 0.5) is 0 Å². The normalized spacial score (nSPS) is 10.8. The molecule has 0 saturated heterocycles. The molecule has 3 aromatic rings. The molecular formula is C12H8N2O2. The minimum Gasteiger partial charge on any atom is -0.508 e. The van der Waals surface area contributed by atoms with Crippen LogP contribution >= 0.6 is 0 Å². The third-order valence-corrected chi connectivity index (χ3v) is 2.37. The zero-order valence-electron chi connectivity index (χ0n) is 8.29. The van der Waals surface area contributed by atoms with Crippen LogP contribution in [0.1, 0.15) is 0 Å². The second-order valence-corrected chi connectivity index (χ2v) is 3.44. The Balaban J connectivity index is 2.26. The number of phenolic OH excluding ortho intramolecular Hbond substituents is 1. The fourth-order valence-electron chi connectivity index (χ4n) is 1.64. The highest BCUT2D eigenvalue weighted by molar-refractivity contribution is 5.89. The SMILES string of the molecule is Oc1cccc(-c2noc3ncccc23)c1. The van der Waals surface area contributed by atoms with Gasteiger partial charge in [0.05, 0.1) is 5.39 Å². The number of pyridine rings is 1. The van der Waals surface area contributed by atoms with Crippen LogP contribution in [0, 0.1) is 0 Å². The van der Waals surface area contributed by atoms with Crippen LogP contribution in [-0.2, 0) is 0 Å². The van der Waals surface area contributed by atoms with Gasteiger partial charge < -0.3 is 9.63 Å². The molecule has 16 heavy (non-hydrogen) atoms. The number of aromatic nitrogens is 2. The molecule has 0 fully saturated rings. The van der Waals surface area contributed by atoms with Crippen LogP contribution in [0.25, 0.3) is 22.4 Å². The van der Waals surface area contributed by atoms with Crippen LogP contribution in [-0.4, -0.2) is 15.2 Å². The molecule has 3 rings (SSSR count). The summed E-state index contributed by atoms with van der Waals surface area (Å²) in [5, 5.41) is 14.2. The lowest BCUT2D eigenvalue weighted by Gasteiger charge is -1.96. The van der Waals surface area contributed by atoms with Gasteiger partial charge in [-0.3, -0.25) is 0 Å². The molecule has 2 heterocycles. The van der Waals surface area contributed by atoms with Gasteiger partial charge in [0.2, 0.25) is 0 Å². The highest BCUT2D eigenvalue weighted by atomic mass is 16.5. The van der Waals surface area contributed by atoms with Gasteiger partial charge in [0.15, 0.2) is 0 Å². The van der Waals surface area contributed by atoms with E-state index in [1.807, 2.05) is 18.2 Å². The van der Waals surface area contributed by atoms with E-state index >= 15 is 0 Å². The molecule has 4 heteroatoms. The molecule has 1 aromatic carbocycles.